The van der Waals surface area contributed by atoms with Crippen LogP contribution in [0.25, 0.3) is 0 Å². The first-order valence-electron chi connectivity index (χ1n) is 11.0. The summed E-state index contributed by atoms with van der Waals surface area (Å²) in [6.45, 7) is 5.45. The lowest BCUT2D eigenvalue weighted by Crippen LogP contribution is -2.59. The van der Waals surface area contributed by atoms with Crippen LogP contribution >= 0.6 is 0 Å². The molecule has 4 aliphatic carbocycles. The van der Waals surface area contributed by atoms with Crippen molar-refractivity contribution in [1.82, 2.24) is 0 Å². The molecule has 28 heavy (non-hydrogen) atoms. The molecule has 0 bridgehead atoms. The van der Waals surface area contributed by atoms with Gasteiger partial charge in [0.15, 0.2) is 6.61 Å². The molecule has 4 rings (SSSR count). The smallest absolute Gasteiger partial charge is 0.303 e. The number of carbonyl (C=O) groups is 3. The van der Waals surface area contributed by atoms with E-state index >= 15 is 0 Å². The van der Waals surface area contributed by atoms with Gasteiger partial charge in [-0.05, 0) is 74.0 Å². The zero-order valence-electron chi connectivity index (χ0n) is 17.5. The van der Waals surface area contributed by atoms with Gasteiger partial charge in [0.25, 0.3) is 0 Å². The predicted octanol–water partition coefficient (Wildman–Crippen LogP) is 3.46. The van der Waals surface area contributed by atoms with Gasteiger partial charge in [-0.2, -0.15) is 0 Å². The molecule has 1 N–H and O–H groups in total. The average molecular weight is 391 g/mol. The van der Waals surface area contributed by atoms with E-state index in [1.54, 1.807) is 0 Å². The van der Waals surface area contributed by atoms with Crippen LogP contribution in [-0.2, 0) is 19.1 Å². The van der Waals surface area contributed by atoms with Crippen LogP contribution in [-0.4, -0.2) is 34.9 Å². The second-order valence-electron chi connectivity index (χ2n) is 10.5. The zero-order valence-corrected chi connectivity index (χ0v) is 17.5. The number of hydrogen-bond acceptors (Lipinski definition) is 5. The highest BCUT2D eigenvalue weighted by molar-refractivity contribution is 5.91. The van der Waals surface area contributed by atoms with Gasteiger partial charge in [-0.1, -0.05) is 13.8 Å². The average Bonchev–Trinajstić information content (AvgIpc) is 2.92. The second-order valence-corrected chi connectivity index (χ2v) is 10.5. The maximum atomic E-state index is 12.9. The third-order valence-corrected chi connectivity index (χ3v) is 9.50. The van der Waals surface area contributed by atoms with Crippen molar-refractivity contribution >= 4 is 17.5 Å². The Bertz CT molecular complexity index is 701. The van der Waals surface area contributed by atoms with Crippen LogP contribution in [0.4, 0.5) is 0 Å². The molecule has 0 aliphatic heterocycles. The molecule has 4 fully saturated rings. The summed E-state index contributed by atoms with van der Waals surface area (Å²) in [5.41, 5.74) is -1.61. The van der Waals surface area contributed by atoms with E-state index in [1.807, 2.05) is 0 Å². The lowest BCUT2D eigenvalue weighted by atomic mass is 9.44. The Hall–Kier alpha value is -1.23. The first-order valence-corrected chi connectivity index (χ1v) is 11.0. The number of carbonyl (C=O) groups excluding carboxylic acids is 3. The molecule has 0 heterocycles. The second kappa shape index (κ2) is 6.65. The minimum Gasteiger partial charge on any atom is -0.458 e. The number of aliphatic hydroxyl groups is 1. The number of ketones is 2. The largest absolute Gasteiger partial charge is 0.458 e. The fourth-order valence-electron chi connectivity index (χ4n) is 7.81. The topological polar surface area (TPSA) is 80.7 Å². The highest BCUT2D eigenvalue weighted by atomic mass is 16.5. The van der Waals surface area contributed by atoms with Crippen LogP contribution in [0.1, 0.15) is 78.6 Å². The first kappa shape index (κ1) is 20.1. The Morgan fingerprint density at radius 1 is 1.07 bits per heavy atom. The lowest BCUT2D eigenvalue weighted by Gasteiger charge is -2.60. The quantitative estimate of drug-likeness (QED) is 0.747. The first-order chi connectivity index (χ1) is 13.1. The monoisotopic (exact) mass is 390 g/mol. The molecule has 4 saturated carbocycles. The Morgan fingerprint density at radius 3 is 2.50 bits per heavy atom. The van der Waals surface area contributed by atoms with E-state index in [1.165, 1.54) is 6.92 Å². The van der Waals surface area contributed by atoms with E-state index in [4.69, 9.17) is 4.74 Å². The number of ether oxygens (including phenoxy) is 1. The van der Waals surface area contributed by atoms with Gasteiger partial charge in [0.05, 0.1) is 0 Å². The summed E-state index contributed by atoms with van der Waals surface area (Å²) in [4.78, 5) is 36.0. The predicted molar refractivity (Wildman–Crippen MR) is 103 cm³/mol. The van der Waals surface area contributed by atoms with Gasteiger partial charge in [-0.15, -0.1) is 0 Å². The van der Waals surface area contributed by atoms with Crippen molar-refractivity contribution in [2.45, 2.75) is 84.2 Å². The summed E-state index contributed by atoms with van der Waals surface area (Å²) in [7, 11) is 0. The molecule has 0 saturated heterocycles. The molecule has 0 radical (unpaired) electrons. The van der Waals surface area contributed by atoms with Crippen molar-refractivity contribution in [1.29, 1.82) is 0 Å². The number of esters is 1. The van der Waals surface area contributed by atoms with Crippen molar-refractivity contribution in [3.05, 3.63) is 0 Å². The zero-order chi connectivity index (χ0) is 20.3. The summed E-state index contributed by atoms with van der Waals surface area (Å²) in [6, 6.07) is 0. The van der Waals surface area contributed by atoms with E-state index in [-0.39, 0.29) is 17.8 Å². The van der Waals surface area contributed by atoms with Crippen LogP contribution in [0.5, 0.6) is 0 Å². The molecule has 4 aliphatic rings. The Kier molecular flexibility index (Phi) is 4.76. The van der Waals surface area contributed by atoms with Gasteiger partial charge in [0.2, 0.25) is 5.78 Å². The summed E-state index contributed by atoms with van der Waals surface area (Å²) in [6.07, 6.45) is 7.82. The van der Waals surface area contributed by atoms with E-state index in [0.717, 1.165) is 44.9 Å². The molecular formula is C23H34O5. The van der Waals surface area contributed by atoms with Gasteiger partial charge in [0, 0.05) is 25.2 Å². The number of hydrogen-bond donors (Lipinski definition) is 1. The summed E-state index contributed by atoms with van der Waals surface area (Å²) < 4.78 is 4.93. The Labute approximate surface area is 167 Å². The van der Waals surface area contributed by atoms with Gasteiger partial charge >= 0.3 is 5.97 Å². The van der Waals surface area contributed by atoms with Gasteiger partial charge in [0.1, 0.15) is 11.4 Å². The highest BCUT2D eigenvalue weighted by Crippen LogP contribution is 2.68. The van der Waals surface area contributed by atoms with Crippen molar-refractivity contribution < 1.29 is 24.2 Å². The molecule has 5 heteroatoms. The molecule has 5 nitrogen and oxygen atoms in total. The molecule has 0 spiro atoms. The number of rotatable bonds is 3. The van der Waals surface area contributed by atoms with Gasteiger partial charge in [-0.25, -0.2) is 0 Å². The van der Waals surface area contributed by atoms with Crippen LogP contribution < -0.4 is 0 Å². The fraction of sp³-hybridized carbons (Fsp3) is 0.870. The van der Waals surface area contributed by atoms with E-state index in [9.17, 15) is 19.5 Å². The minimum absolute atomic E-state index is 0.223. The molecule has 156 valence electrons. The molecule has 7 atom stereocenters. The Balaban J connectivity index is 1.57. The third-order valence-electron chi connectivity index (χ3n) is 9.50. The summed E-state index contributed by atoms with van der Waals surface area (Å²) in [5.74, 6) is 1.53. The van der Waals surface area contributed by atoms with Crippen LogP contribution in [0, 0.1) is 34.5 Å². The van der Waals surface area contributed by atoms with E-state index < -0.39 is 17.0 Å². The molecule has 0 aromatic heterocycles. The number of fused-ring (bicyclic) bond motifs is 5. The van der Waals surface area contributed by atoms with Crippen molar-refractivity contribution in [2.75, 3.05) is 6.61 Å². The normalized spacial score (nSPS) is 47.6. The van der Waals surface area contributed by atoms with E-state index in [0.29, 0.717) is 42.3 Å². The summed E-state index contributed by atoms with van der Waals surface area (Å²) >= 11 is 0. The highest BCUT2D eigenvalue weighted by Gasteiger charge is 2.66. The summed E-state index contributed by atoms with van der Waals surface area (Å²) in [5, 5.41) is 11.5. The van der Waals surface area contributed by atoms with E-state index in [2.05, 4.69) is 13.8 Å². The van der Waals surface area contributed by atoms with Crippen LogP contribution in [0.2, 0.25) is 0 Å². The molecule has 0 aromatic carbocycles. The fourth-order valence-corrected chi connectivity index (χ4v) is 7.81. The van der Waals surface area contributed by atoms with Crippen molar-refractivity contribution in [3.8, 4) is 0 Å². The third kappa shape index (κ3) is 2.72. The standard InChI is InChI=1S/C23H34O5/c1-14(24)28-13-20(26)23(27)11-8-19-17-5-4-15-12-16(25)6-9-21(15,2)18(17)7-10-22(19,23)3/h15,17-19,27H,4-13H2,1-3H3/t15-,17+,18-,19-,21+,22+,23-/m1/s1. The molecular weight excluding hydrogens is 356 g/mol. The van der Waals surface area contributed by atoms with Gasteiger partial charge < -0.3 is 9.84 Å². The van der Waals surface area contributed by atoms with Crippen LogP contribution in [0.3, 0.4) is 0 Å². The molecule has 0 unspecified atom stereocenters. The maximum Gasteiger partial charge on any atom is 0.303 e. The van der Waals surface area contributed by atoms with Crippen LogP contribution in [0.15, 0.2) is 0 Å². The minimum atomic E-state index is -1.39. The molecule has 0 aromatic rings. The van der Waals surface area contributed by atoms with Crippen molar-refractivity contribution in [2.24, 2.45) is 34.5 Å². The van der Waals surface area contributed by atoms with Gasteiger partial charge in [-0.3, -0.25) is 14.4 Å². The van der Waals surface area contributed by atoms with Crippen molar-refractivity contribution in [3.63, 3.8) is 0 Å². The molecule has 0 amide bonds. The maximum absolute atomic E-state index is 12.9. The number of Topliss-reactive ketones (excluding diaryl/α,β-unsaturated/α-hetero) is 2. The lowest BCUT2D eigenvalue weighted by molar-refractivity contribution is -0.175. The Morgan fingerprint density at radius 2 is 1.79 bits per heavy atom. The SMILES string of the molecule is CC(=O)OCC(=O)[C@]1(O)CC[C@@H]2[C@H]3CC[C@@H]4CC(=O)CC[C@]4(C)[C@@H]3CC[C@@]21C.